The molecule has 0 aliphatic heterocycles. The Morgan fingerprint density at radius 1 is 1.56 bits per heavy atom. The molecular formula is C14H18OS. The summed E-state index contributed by atoms with van der Waals surface area (Å²) in [6, 6.07) is 2.14. The summed E-state index contributed by atoms with van der Waals surface area (Å²) in [5.74, 6) is 0.580. The zero-order valence-electron chi connectivity index (χ0n) is 9.79. The second-order valence-corrected chi connectivity index (χ2v) is 5.67. The fraction of sp³-hybridized carbons (Fsp3) is 0.500. The lowest BCUT2D eigenvalue weighted by molar-refractivity contribution is -0.120. The summed E-state index contributed by atoms with van der Waals surface area (Å²) in [5, 5.41) is 2.12. The van der Waals surface area contributed by atoms with Gasteiger partial charge < -0.3 is 0 Å². The molecule has 0 N–H and O–H groups in total. The lowest BCUT2D eigenvalue weighted by Gasteiger charge is -2.21. The SMILES string of the molecule is C=C(C)CCC(=O)C1CCCc2sccc21. The number of fused-ring (bicyclic) bond motifs is 1. The Labute approximate surface area is 101 Å². The summed E-state index contributed by atoms with van der Waals surface area (Å²) < 4.78 is 0. The monoisotopic (exact) mass is 234 g/mol. The maximum atomic E-state index is 12.1. The molecule has 0 bridgehead atoms. The highest BCUT2D eigenvalue weighted by molar-refractivity contribution is 7.10. The van der Waals surface area contributed by atoms with E-state index in [2.05, 4.69) is 18.0 Å². The maximum absolute atomic E-state index is 12.1. The third-order valence-electron chi connectivity index (χ3n) is 3.24. The Bertz CT molecular complexity index is 403. The molecule has 1 atom stereocenters. The van der Waals surface area contributed by atoms with E-state index in [1.54, 1.807) is 11.3 Å². The van der Waals surface area contributed by atoms with Gasteiger partial charge in [0.1, 0.15) is 5.78 Å². The molecule has 1 nitrogen and oxygen atoms in total. The summed E-state index contributed by atoms with van der Waals surface area (Å²) in [7, 11) is 0. The van der Waals surface area contributed by atoms with Crippen molar-refractivity contribution < 1.29 is 4.79 Å². The summed E-state index contributed by atoms with van der Waals surface area (Å²) in [6.07, 6.45) is 4.87. The van der Waals surface area contributed by atoms with Crippen LogP contribution in [0.15, 0.2) is 23.6 Å². The first-order valence-electron chi connectivity index (χ1n) is 5.92. The van der Waals surface area contributed by atoms with Crippen LogP contribution in [0.3, 0.4) is 0 Å². The van der Waals surface area contributed by atoms with E-state index in [0.29, 0.717) is 12.2 Å². The van der Waals surface area contributed by atoms with Crippen molar-refractivity contribution in [1.29, 1.82) is 0 Å². The van der Waals surface area contributed by atoms with Crippen molar-refractivity contribution in [2.24, 2.45) is 0 Å². The molecule has 1 aromatic heterocycles. The molecule has 1 aliphatic rings. The lowest BCUT2D eigenvalue weighted by atomic mass is 9.83. The zero-order valence-corrected chi connectivity index (χ0v) is 10.6. The molecule has 0 saturated heterocycles. The van der Waals surface area contributed by atoms with Gasteiger partial charge in [0.2, 0.25) is 0 Å². The molecule has 1 aromatic rings. The number of aryl methyl sites for hydroxylation is 1. The van der Waals surface area contributed by atoms with Crippen molar-refractivity contribution in [1.82, 2.24) is 0 Å². The third kappa shape index (κ3) is 2.43. The number of hydrogen-bond donors (Lipinski definition) is 0. The second-order valence-electron chi connectivity index (χ2n) is 4.67. The van der Waals surface area contributed by atoms with Crippen LogP contribution < -0.4 is 0 Å². The Morgan fingerprint density at radius 2 is 2.38 bits per heavy atom. The van der Waals surface area contributed by atoms with Gasteiger partial charge in [0.05, 0.1) is 0 Å². The van der Waals surface area contributed by atoms with Gasteiger partial charge in [-0.3, -0.25) is 4.79 Å². The highest BCUT2D eigenvalue weighted by atomic mass is 32.1. The van der Waals surface area contributed by atoms with Gasteiger partial charge in [-0.15, -0.1) is 17.9 Å². The van der Waals surface area contributed by atoms with Crippen LogP contribution in [0, 0.1) is 0 Å². The van der Waals surface area contributed by atoms with E-state index in [0.717, 1.165) is 31.3 Å². The van der Waals surface area contributed by atoms with Crippen molar-refractivity contribution >= 4 is 17.1 Å². The van der Waals surface area contributed by atoms with E-state index < -0.39 is 0 Å². The third-order valence-corrected chi connectivity index (χ3v) is 4.24. The van der Waals surface area contributed by atoms with Crippen LogP contribution >= 0.6 is 11.3 Å². The number of Topliss-reactive ketones (excluding diaryl/α,β-unsaturated/α-hetero) is 1. The summed E-state index contributed by atoms with van der Waals surface area (Å²) in [5.41, 5.74) is 2.41. The zero-order chi connectivity index (χ0) is 11.5. The van der Waals surface area contributed by atoms with Gasteiger partial charge in [0, 0.05) is 17.2 Å². The van der Waals surface area contributed by atoms with E-state index in [1.165, 1.54) is 10.4 Å². The first-order valence-corrected chi connectivity index (χ1v) is 6.80. The molecule has 0 amide bonds. The molecule has 1 heterocycles. The Morgan fingerprint density at radius 3 is 3.12 bits per heavy atom. The second kappa shape index (κ2) is 4.96. The Kier molecular flexibility index (Phi) is 3.59. The van der Waals surface area contributed by atoms with E-state index in [1.807, 2.05) is 6.92 Å². The van der Waals surface area contributed by atoms with E-state index in [4.69, 9.17) is 0 Å². The van der Waals surface area contributed by atoms with E-state index in [9.17, 15) is 4.79 Å². The Hall–Kier alpha value is -0.890. The van der Waals surface area contributed by atoms with Crippen LogP contribution in [0.2, 0.25) is 0 Å². The quantitative estimate of drug-likeness (QED) is 0.717. The van der Waals surface area contributed by atoms with Crippen molar-refractivity contribution in [3.63, 3.8) is 0 Å². The van der Waals surface area contributed by atoms with Crippen LogP contribution in [0.1, 0.15) is 49.0 Å². The van der Waals surface area contributed by atoms with Crippen LogP contribution in [0.4, 0.5) is 0 Å². The molecule has 1 aliphatic carbocycles. The molecule has 86 valence electrons. The highest BCUT2D eigenvalue weighted by Crippen LogP contribution is 2.36. The average molecular weight is 234 g/mol. The molecule has 0 aromatic carbocycles. The largest absolute Gasteiger partial charge is 0.299 e. The first-order chi connectivity index (χ1) is 7.68. The van der Waals surface area contributed by atoms with Crippen molar-refractivity contribution in [2.75, 3.05) is 0 Å². The first kappa shape index (κ1) is 11.6. The van der Waals surface area contributed by atoms with Gasteiger partial charge in [-0.25, -0.2) is 0 Å². The van der Waals surface area contributed by atoms with Crippen molar-refractivity contribution in [2.45, 2.75) is 44.9 Å². The van der Waals surface area contributed by atoms with Crippen molar-refractivity contribution in [3.05, 3.63) is 34.0 Å². The number of carbonyl (C=O) groups excluding carboxylic acids is 1. The standard InChI is InChI=1S/C14H18OS/c1-10(2)6-7-13(15)11-4-3-5-14-12(11)8-9-16-14/h8-9,11H,1,3-7H2,2H3. The molecule has 0 spiro atoms. The molecule has 16 heavy (non-hydrogen) atoms. The molecule has 0 fully saturated rings. The molecule has 2 rings (SSSR count). The van der Waals surface area contributed by atoms with Gasteiger partial charge in [-0.1, -0.05) is 5.57 Å². The van der Waals surface area contributed by atoms with Crippen LogP contribution in [0.25, 0.3) is 0 Å². The highest BCUT2D eigenvalue weighted by Gasteiger charge is 2.26. The number of carbonyl (C=O) groups is 1. The predicted octanol–water partition coefficient (Wildman–Crippen LogP) is 4.09. The lowest BCUT2D eigenvalue weighted by Crippen LogP contribution is -2.16. The number of thiophene rings is 1. The van der Waals surface area contributed by atoms with Crippen LogP contribution in [-0.4, -0.2) is 5.78 Å². The normalized spacial score (nSPS) is 19.2. The predicted molar refractivity (Wildman–Crippen MR) is 69.1 cm³/mol. The van der Waals surface area contributed by atoms with Gasteiger partial charge in [-0.2, -0.15) is 0 Å². The molecular weight excluding hydrogens is 216 g/mol. The van der Waals surface area contributed by atoms with Gasteiger partial charge in [0.15, 0.2) is 0 Å². The maximum Gasteiger partial charge on any atom is 0.140 e. The average Bonchev–Trinajstić information content (AvgIpc) is 2.73. The molecule has 1 unspecified atom stereocenters. The summed E-state index contributed by atoms with van der Waals surface area (Å²) in [4.78, 5) is 13.6. The smallest absolute Gasteiger partial charge is 0.140 e. The minimum absolute atomic E-state index is 0.175. The van der Waals surface area contributed by atoms with E-state index >= 15 is 0 Å². The molecule has 0 radical (unpaired) electrons. The minimum atomic E-state index is 0.175. The van der Waals surface area contributed by atoms with Crippen LogP contribution in [-0.2, 0) is 11.2 Å². The van der Waals surface area contributed by atoms with Gasteiger partial charge in [0.25, 0.3) is 0 Å². The fourth-order valence-corrected chi connectivity index (χ4v) is 3.32. The Balaban J connectivity index is 2.06. The summed E-state index contributed by atoms with van der Waals surface area (Å²) in [6.45, 7) is 5.85. The van der Waals surface area contributed by atoms with Gasteiger partial charge >= 0.3 is 0 Å². The number of hydrogen-bond acceptors (Lipinski definition) is 2. The number of ketones is 1. The molecule has 2 heteroatoms. The molecule has 0 saturated carbocycles. The number of rotatable bonds is 4. The van der Waals surface area contributed by atoms with Gasteiger partial charge in [-0.05, 0) is 49.6 Å². The van der Waals surface area contributed by atoms with Crippen LogP contribution in [0.5, 0.6) is 0 Å². The minimum Gasteiger partial charge on any atom is -0.299 e. The van der Waals surface area contributed by atoms with E-state index in [-0.39, 0.29) is 5.92 Å². The fourth-order valence-electron chi connectivity index (χ4n) is 2.33. The number of allylic oxidation sites excluding steroid dienone is 1. The summed E-state index contributed by atoms with van der Waals surface area (Å²) >= 11 is 1.80. The van der Waals surface area contributed by atoms with Crippen molar-refractivity contribution in [3.8, 4) is 0 Å². The topological polar surface area (TPSA) is 17.1 Å².